The number of nitrogens with zero attached hydrogens (tertiary/aromatic N) is 1. The Morgan fingerprint density at radius 1 is 0.938 bits per heavy atom. The van der Waals surface area contributed by atoms with Crippen molar-refractivity contribution in [2.24, 2.45) is 0 Å². The van der Waals surface area contributed by atoms with Crippen LogP contribution in [0.4, 0.5) is 10.5 Å². The predicted octanol–water partition coefficient (Wildman–Crippen LogP) is 4.89. The maximum atomic E-state index is 13.1. The third-order valence-corrected chi connectivity index (χ3v) is 5.25. The summed E-state index contributed by atoms with van der Waals surface area (Å²) in [6.07, 6.45) is 1.42. The van der Waals surface area contributed by atoms with Crippen LogP contribution in [0, 0.1) is 6.92 Å². The molecule has 0 unspecified atom stereocenters. The number of imide groups is 2. The summed E-state index contributed by atoms with van der Waals surface area (Å²) in [7, 11) is 0. The van der Waals surface area contributed by atoms with Gasteiger partial charge in [0.25, 0.3) is 11.8 Å². The van der Waals surface area contributed by atoms with Crippen molar-refractivity contribution < 1.29 is 19.1 Å². The van der Waals surface area contributed by atoms with E-state index in [9.17, 15) is 14.4 Å². The number of benzene rings is 3. The van der Waals surface area contributed by atoms with Crippen molar-refractivity contribution >= 4 is 41.2 Å². The first-order chi connectivity index (χ1) is 15.4. The Balaban J connectivity index is 1.64. The third-order valence-electron chi connectivity index (χ3n) is 4.93. The SMILES string of the molecule is Cc1ccc(COc2ccccc2/C=C2\C(=O)NC(=O)N(c3ccccc3Cl)C2=O)cc1. The van der Waals surface area contributed by atoms with E-state index < -0.39 is 17.8 Å². The zero-order chi connectivity index (χ0) is 22.7. The maximum absolute atomic E-state index is 13.1. The predicted molar refractivity (Wildman–Crippen MR) is 122 cm³/mol. The van der Waals surface area contributed by atoms with E-state index in [2.05, 4.69) is 5.32 Å². The van der Waals surface area contributed by atoms with Gasteiger partial charge in [-0.1, -0.05) is 71.8 Å². The highest BCUT2D eigenvalue weighted by atomic mass is 35.5. The molecule has 160 valence electrons. The average Bonchev–Trinajstić information content (AvgIpc) is 2.78. The summed E-state index contributed by atoms with van der Waals surface area (Å²) in [4.78, 5) is 38.8. The second kappa shape index (κ2) is 9.08. The van der Waals surface area contributed by atoms with Gasteiger partial charge in [-0.3, -0.25) is 14.9 Å². The molecule has 3 aromatic carbocycles. The van der Waals surface area contributed by atoms with Crippen molar-refractivity contribution in [3.63, 3.8) is 0 Å². The van der Waals surface area contributed by atoms with Crippen LogP contribution in [0.3, 0.4) is 0 Å². The molecule has 0 aromatic heterocycles. The van der Waals surface area contributed by atoms with E-state index in [1.165, 1.54) is 12.1 Å². The quantitative estimate of drug-likeness (QED) is 0.447. The third kappa shape index (κ3) is 4.40. The molecule has 3 aromatic rings. The van der Waals surface area contributed by atoms with Gasteiger partial charge in [-0.25, -0.2) is 9.69 Å². The highest BCUT2D eigenvalue weighted by Gasteiger charge is 2.37. The summed E-state index contributed by atoms with van der Waals surface area (Å²) in [5.74, 6) is -1.04. The Morgan fingerprint density at radius 2 is 1.62 bits per heavy atom. The molecule has 4 rings (SSSR count). The Kier molecular flexibility index (Phi) is 6.05. The van der Waals surface area contributed by atoms with Gasteiger partial charge < -0.3 is 4.74 Å². The molecular weight excluding hydrogens is 428 g/mol. The minimum absolute atomic E-state index is 0.193. The van der Waals surface area contributed by atoms with Crippen LogP contribution < -0.4 is 15.0 Å². The summed E-state index contributed by atoms with van der Waals surface area (Å²) in [6, 6.07) is 20.6. The first-order valence-corrected chi connectivity index (χ1v) is 10.2. The number of carbonyl (C=O) groups excluding carboxylic acids is 3. The molecule has 0 aliphatic carbocycles. The molecule has 0 atom stereocenters. The standard InChI is InChI=1S/C25H19ClN2O4/c1-16-10-12-17(13-11-16)15-32-22-9-5-2-6-18(22)14-19-23(29)27-25(31)28(24(19)30)21-8-4-3-7-20(21)26/h2-14H,15H2,1H3,(H,27,29,31)/b19-14+. The smallest absolute Gasteiger partial charge is 0.335 e. The summed E-state index contributed by atoms with van der Waals surface area (Å²) >= 11 is 6.17. The number of anilines is 1. The van der Waals surface area contributed by atoms with E-state index in [4.69, 9.17) is 16.3 Å². The number of amides is 4. The van der Waals surface area contributed by atoms with E-state index >= 15 is 0 Å². The van der Waals surface area contributed by atoms with Crippen LogP contribution >= 0.6 is 11.6 Å². The highest BCUT2D eigenvalue weighted by molar-refractivity contribution is 6.42. The summed E-state index contributed by atoms with van der Waals surface area (Å²) < 4.78 is 5.94. The Bertz CT molecular complexity index is 1230. The molecule has 0 bridgehead atoms. The lowest BCUT2D eigenvalue weighted by molar-refractivity contribution is -0.122. The summed E-state index contributed by atoms with van der Waals surface area (Å²) in [5.41, 5.74) is 2.67. The molecule has 0 spiro atoms. The molecular formula is C25H19ClN2O4. The summed E-state index contributed by atoms with van der Waals surface area (Å²) in [6.45, 7) is 2.33. The number of para-hydroxylation sites is 2. The lowest BCUT2D eigenvalue weighted by atomic mass is 10.1. The van der Waals surface area contributed by atoms with E-state index in [-0.39, 0.29) is 16.3 Å². The molecule has 7 heteroatoms. The molecule has 4 amide bonds. The fraction of sp³-hybridized carbons (Fsp3) is 0.0800. The van der Waals surface area contributed by atoms with Crippen LogP contribution in [-0.4, -0.2) is 17.8 Å². The normalized spacial score (nSPS) is 15.1. The Hall–Kier alpha value is -3.90. The van der Waals surface area contributed by atoms with Gasteiger partial charge in [-0.2, -0.15) is 0 Å². The maximum Gasteiger partial charge on any atom is 0.335 e. The number of aryl methyl sites for hydroxylation is 1. The van der Waals surface area contributed by atoms with Gasteiger partial charge in [0, 0.05) is 5.56 Å². The van der Waals surface area contributed by atoms with Crippen molar-refractivity contribution in [2.45, 2.75) is 13.5 Å². The fourth-order valence-corrected chi connectivity index (χ4v) is 3.46. The van der Waals surface area contributed by atoms with Gasteiger partial charge in [0.1, 0.15) is 17.9 Å². The summed E-state index contributed by atoms with van der Waals surface area (Å²) in [5, 5.41) is 2.41. The van der Waals surface area contributed by atoms with Gasteiger partial charge in [0.2, 0.25) is 0 Å². The second-order valence-electron chi connectivity index (χ2n) is 7.22. The minimum Gasteiger partial charge on any atom is -0.488 e. The lowest BCUT2D eigenvalue weighted by Crippen LogP contribution is -2.54. The van der Waals surface area contributed by atoms with Gasteiger partial charge in [0.15, 0.2) is 0 Å². The average molecular weight is 447 g/mol. The van der Waals surface area contributed by atoms with Crippen molar-refractivity contribution in [3.05, 3.63) is 100 Å². The van der Waals surface area contributed by atoms with Crippen molar-refractivity contribution in [1.29, 1.82) is 0 Å². The number of hydrogen-bond acceptors (Lipinski definition) is 4. The topological polar surface area (TPSA) is 75.7 Å². The van der Waals surface area contributed by atoms with E-state index in [1.54, 1.807) is 42.5 Å². The number of ether oxygens (including phenoxy) is 1. The van der Waals surface area contributed by atoms with Crippen LogP contribution in [0.15, 0.2) is 78.4 Å². The fourth-order valence-electron chi connectivity index (χ4n) is 3.24. The molecule has 1 saturated heterocycles. The van der Waals surface area contributed by atoms with Gasteiger partial charge in [-0.05, 0) is 36.8 Å². The molecule has 1 N–H and O–H groups in total. The number of hydrogen-bond donors (Lipinski definition) is 1. The molecule has 1 heterocycles. The number of halogens is 1. The van der Waals surface area contributed by atoms with Gasteiger partial charge in [-0.15, -0.1) is 0 Å². The van der Waals surface area contributed by atoms with Crippen LogP contribution in [0.1, 0.15) is 16.7 Å². The monoisotopic (exact) mass is 446 g/mol. The Labute approximate surface area is 190 Å². The van der Waals surface area contributed by atoms with Crippen LogP contribution in [-0.2, 0) is 16.2 Å². The van der Waals surface area contributed by atoms with Crippen LogP contribution in [0.5, 0.6) is 5.75 Å². The van der Waals surface area contributed by atoms with Gasteiger partial charge in [0.05, 0.1) is 10.7 Å². The van der Waals surface area contributed by atoms with Gasteiger partial charge >= 0.3 is 6.03 Å². The molecule has 1 fully saturated rings. The molecule has 6 nitrogen and oxygen atoms in total. The molecule has 0 radical (unpaired) electrons. The first kappa shape index (κ1) is 21.3. The van der Waals surface area contributed by atoms with Crippen molar-refractivity contribution in [3.8, 4) is 5.75 Å². The highest BCUT2D eigenvalue weighted by Crippen LogP contribution is 2.30. The number of barbiturate groups is 1. The zero-order valence-electron chi connectivity index (χ0n) is 17.2. The molecule has 0 saturated carbocycles. The van der Waals surface area contributed by atoms with Crippen molar-refractivity contribution in [2.75, 3.05) is 4.90 Å². The second-order valence-corrected chi connectivity index (χ2v) is 7.63. The number of carbonyl (C=O) groups is 3. The van der Waals surface area contributed by atoms with Crippen LogP contribution in [0.25, 0.3) is 6.08 Å². The number of rotatable bonds is 5. The first-order valence-electron chi connectivity index (χ1n) is 9.87. The number of urea groups is 1. The molecule has 1 aliphatic rings. The molecule has 32 heavy (non-hydrogen) atoms. The van der Waals surface area contributed by atoms with Crippen LogP contribution in [0.2, 0.25) is 5.02 Å². The van der Waals surface area contributed by atoms with Crippen molar-refractivity contribution in [1.82, 2.24) is 5.32 Å². The largest absolute Gasteiger partial charge is 0.488 e. The Morgan fingerprint density at radius 3 is 2.38 bits per heavy atom. The lowest BCUT2D eigenvalue weighted by Gasteiger charge is -2.27. The minimum atomic E-state index is -0.853. The van der Waals surface area contributed by atoms with E-state index in [0.717, 1.165) is 16.0 Å². The zero-order valence-corrected chi connectivity index (χ0v) is 17.9. The van der Waals surface area contributed by atoms with E-state index in [0.29, 0.717) is 17.9 Å². The molecule has 1 aliphatic heterocycles. The van der Waals surface area contributed by atoms with E-state index in [1.807, 2.05) is 31.2 Å². The number of nitrogens with one attached hydrogen (secondary N) is 1.